The number of fused-ring (bicyclic) bond motifs is 3. The Balaban J connectivity index is 1.79. The molecule has 0 saturated carbocycles. The van der Waals surface area contributed by atoms with E-state index in [-0.39, 0.29) is 13.2 Å². The summed E-state index contributed by atoms with van der Waals surface area (Å²) in [5, 5.41) is 10.2. The molecule has 2 heterocycles. The van der Waals surface area contributed by atoms with Crippen molar-refractivity contribution in [3.05, 3.63) is 76.9 Å². The van der Waals surface area contributed by atoms with Crippen molar-refractivity contribution >= 4 is 5.71 Å². The van der Waals surface area contributed by atoms with E-state index in [1.165, 1.54) is 18.2 Å². The van der Waals surface area contributed by atoms with E-state index in [1.54, 1.807) is 29.3 Å². The van der Waals surface area contributed by atoms with Crippen molar-refractivity contribution in [2.45, 2.75) is 26.5 Å². The molecule has 0 unspecified atom stereocenters. The van der Waals surface area contributed by atoms with Crippen LogP contribution in [0.3, 0.4) is 0 Å². The van der Waals surface area contributed by atoms with Gasteiger partial charge in [-0.15, -0.1) is 10.2 Å². The molecule has 0 saturated heterocycles. The molecule has 0 bridgehead atoms. The maximum absolute atomic E-state index is 14.5. The maximum Gasteiger partial charge on any atom is 0.165 e. The predicted octanol–water partition coefficient (Wildman–Crippen LogP) is 3.67. The van der Waals surface area contributed by atoms with Crippen LogP contribution in [-0.4, -0.2) is 39.1 Å². The van der Waals surface area contributed by atoms with Crippen molar-refractivity contribution in [1.82, 2.24) is 19.8 Å². The van der Waals surface area contributed by atoms with E-state index in [9.17, 15) is 8.78 Å². The van der Waals surface area contributed by atoms with Crippen LogP contribution in [0, 0.1) is 11.6 Å². The van der Waals surface area contributed by atoms with Crippen molar-refractivity contribution in [3.8, 4) is 5.69 Å². The molecule has 29 heavy (non-hydrogen) atoms. The van der Waals surface area contributed by atoms with Crippen LogP contribution in [0.4, 0.5) is 8.78 Å². The van der Waals surface area contributed by atoms with Gasteiger partial charge in [-0.05, 0) is 36.8 Å². The zero-order valence-electron chi connectivity index (χ0n) is 16.3. The number of hydroxylamine groups is 2. The molecule has 1 aliphatic rings. The molecule has 6 nitrogen and oxygen atoms in total. The lowest BCUT2D eigenvalue weighted by molar-refractivity contribution is -0.152. The quantitative estimate of drug-likeness (QED) is 0.596. The number of hydrogen-bond donors (Lipinski definition) is 0. The molecule has 0 atom stereocenters. The number of nitrogens with zero attached hydrogens (tertiary/aromatic N) is 5. The van der Waals surface area contributed by atoms with Crippen LogP contribution in [0.5, 0.6) is 0 Å². The Bertz CT molecular complexity index is 1060. The molecule has 0 radical (unpaired) electrons. The largest absolute Gasteiger partial charge is 0.291 e. The summed E-state index contributed by atoms with van der Waals surface area (Å²) in [7, 11) is 1.85. The number of rotatable bonds is 6. The van der Waals surface area contributed by atoms with Crippen LogP contribution in [0.2, 0.25) is 0 Å². The van der Waals surface area contributed by atoms with Crippen molar-refractivity contribution in [2.24, 2.45) is 4.99 Å². The molecule has 0 spiro atoms. The number of hydrogen-bond acceptors (Lipinski definition) is 5. The molecule has 1 aliphatic heterocycles. The van der Waals surface area contributed by atoms with Crippen molar-refractivity contribution in [2.75, 3.05) is 13.6 Å². The van der Waals surface area contributed by atoms with E-state index < -0.39 is 11.6 Å². The van der Waals surface area contributed by atoms with Crippen LogP contribution in [-0.2, 0) is 18.0 Å². The number of aromatic nitrogens is 3. The summed E-state index contributed by atoms with van der Waals surface area (Å²) < 4.78 is 30.4. The maximum atomic E-state index is 14.5. The third kappa shape index (κ3) is 3.81. The van der Waals surface area contributed by atoms with Gasteiger partial charge in [0.2, 0.25) is 0 Å². The summed E-state index contributed by atoms with van der Waals surface area (Å²) in [6.45, 7) is 3.24. The average molecular weight is 397 g/mol. The van der Waals surface area contributed by atoms with Gasteiger partial charge in [-0.3, -0.25) is 14.4 Å². The highest BCUT2D eigenvalue weighted by Gasteiger charge is 2.25. The average Bonchev–Trinajstić information content (AvgIpc) is 3.04. The number of halogens is 2. The van der Waals surface area contributed by atoms with Crippen molar-refractivity contribution < 1.29 is 13.6 Å². The van der Waals surface area contributed by atoms with Gasteiger partial charge in [-0.1, -0.05) is 19.1 Å². The molecular formula is C21H21F2N5O. The Labute approximate surface area is 167 Å². The van der Waals surface area contributed by atoms with Gasteiger partial charge in [0.05, 0.1) is 11.4 Å². The lowest BCUT2D eigenvalue weighted by atomic mass is 10.00. The Morgan fingerprint density at radius 3 is 2.72 bits per heavy atom. The first-order valence-corrected chi connectivity index (χ1v) is 9.45. The fraction of sp³-hybridized carbons (Fsp3) is 0.286. The second-order valence-corrected chi connectivity index (χ2v) is 6.80. The number of aliphatic imine (C=N–C) groups is 1. The standard InChI is InChI=1S/C21H21F2N5O/c1-3-10-27(2)29-13-20-26-25-19-12-24-21(15-6-4-5-7-17(15)23)16-11-14(22)8-9-18(16)28(19)20/h4-9,11H,3,10,12-13H2,1-2H3. The summed E-state index contributed by atoms with van der Waals surface area (Å²) in [5.74, 6) is 0.315. The predicted molar refractivity (Wildman–Crippen MR) is 105 cm³/mol. The van der Waals surface area contributed by atoms with Crippen molar-refractivity contribution in [3.63, 3.8) is 0 Å². The van der Waals surface area contributed by atoms with E-state index >= 15 is 0 Å². The van der Waals surface area contributed by atoms with Gasteiger partial charge in [-0.2, -0.15) is 5.06 Å². The van der Waals surface area contributed by atoms with Gasteiger partial charge in [0.25, 0.3) is 0 Å². The molecular weight excluding hydrogens is 376 g/mol. The highest BCUT2D eigenvalue weighted by Crippen LogP contribution is 2.27. The zero-order chi connectivity index (χ0) is 20.4. The van der Waals surface area contributed by atoms with Gasteiger partial charge in [-0.25, -0.2) is 8.78 Å². The third-order valence-corrected chi connectivity index (χ3v) is 4.71. The van der Waals surface area contributed by atoms with Crippen molar-refractivity contribution in [1.29, 1.82) is 0 Å². The molecule has 1 aromatic heterocycles. The van der Waals surface area contributed by atoms with Crippen LogP contribution >= 0.6 is 0 Å². The lowest BCUT2D eigenvalue weighted by Gasteiger charge is -2.17. The molecule has 0 fully saturated rings. The lowest BCUT2D eigenvalue weighted by Crippen LogP contribution is -2.21. The minimum absolute atomic E-state index is 0.192. The molecule has 0 aliphatic carbocycles. The molecule has 150 valence electrons. The Hall–Kier alpha value is -2.97. The second-order valence-electron chi connectivity index (χ2n) is 6.80. The SMILES string of the molecule is CCCN(C)OCc1nnc2n1-c1ccc(F)cc1C(c1ccccc1F)=NC2. The van der Waals surface area contributed by atoms with Gasteiger partial charge >= 0.3 is 0 Å². The Kier molecular flexibility index (Phi) is 5.46. The highest BCUT2D eigenvalue weighted by atomic mass is 19.1. The van der Waals surface area contributed by atoms with E-state index in [0.717, 1.165) is 13.0 Å². The van der Waals surface area contributed by atoms with Gasteiger partial charge < -0.3 is 0 Å². The molecule has 4 rings (SSSR count). The minimum atomic E-state index is -0.426. The van der Waals surface area contributed by atoms with E-state index in [0.29, 0.717) is 34.2 Å². The first-order chi connectivity index (χ1) is 14.1. The van der Waals surface area contributed by atoms with Crippen LogP contribution in [0.1, 0.15) is 36.1 Å². The van der Waals surface area contributed by atoms with E-state index in [4.69, 9.17) is 4.84 Å². The third-order valence-electron chi connectivity index (χ3n) is 4.71. The zero-order valence-corrected chi connectivity index (χ0v) is 16.3. The monoisotopic (exact) mass is 397 g/mol. The normalized spacial score (nSPS) is 13.1. The van der Waals surface area contributed by atoms with Crippen LogP contribution in [0.25, 0.3) is 5.69 Å². The summed E-state index contributed by atoms with van der Waals surface area (Å²) in [4.78, 5) is 10.3. The first-order valence-electron chi connectivity index (χ1n) is 9.45. The van der Waals surface area contributed by atoms with Gasteiger partial charge in [0.1, 0.15) is 24.8 Å². The summed E-state index contributed by atoms with van der Waals surface area (Å²) in [5.41, 5.74) is 1.83. The fourth-order valence-electron chi connectivity index (χ4n) is 3.39. The summed E-state index contributed by atoms with van der Waals surface area (Å²) in [6.07, 6.45) is 0.955. The Morgan fingerprint density at radius 2 is 1.93 bits per heavy atom. The molecule has 0 amide bonds. The van der Waals surface area contributed by atoms with Crippen LogP contribution < -0.4 is 0 Å². The summed E-state index contributed by atoms with van der Waals surface area (Å²) in [6, 6.07) is 10.7. The Morgan fingerprint density at radius 1 is 1.10 bits per heavy atom. The smallest absolute Gasteiger partial charge is 0.165 e. The number of benzene rings is 2. The van der Waals surface area contributed by atoms with Gasteiger partial charge in [0, 0.05) is 24.7 Å². The van der Waals surface area contributed by atoms with Crippen LogP contribution in [0.15, 0.2) is 47.5 Å². The highest BCUT2D eigenvalue weighted by molar-refractivity contribution is 6.15. The first kappa shape index (κ1) is 19.4. The topological polar surface area (TPSA) is 55.5 Å². The molecule has 0 N–H and O–H groups in total. The van der Waals surface area contributed by atoms with Gasteiger partial charge in [0.15, 0.2) is 11.6 Å². The molecule has 8 heteroatoms. The fourth-order valence-corrected chi connectivity index (χ4v) is 3.39. The summed E-state index contributed by atoms with van der Waals surface area (Å²) >= 11 is 0. The van der Waals surface area contributed by atoms with E-state index in [2.05, 4.69) is 22.1 Å². The van der Waals surface area contributed by atoms with E-state index in [1.807, 2.05) is 11.6 Å². The second kappa shape index (κ2) is 8.18. The molecule has 2 aromatic carbocycles. The molecule has 3 aromatic rings. The minimum Gasteiger partial charge on any atom is -0.291 e.